The van der Waals surface area contributed by atoms with Crippen LogP contribution in [0.3, 0.4) is 0 Å². The van der Waals surface area contributed by atoms with Crippen LogP contribution in [0.15, 0.2) is 47.6 Å². The molecule has 1 aromatic carbocycles. The van der Waals surface area contributed by atoms with Crippen LogP contribution in [0, 0.1) is 6.92 Å². The molecule has 0 amide bonds. The van der Waals surface area contributed by atoms with Crippen molar-refractivity contribution in [3.8, 4) is 0 Å². The Morgan fingerprint density at radius 1 is 1.15 bits per heavy atom. The first-order valence-corrected chi connectivity index (χ1v) is 7.68. The number of benzene rings is 1. The van der Waals surface area contributed by atoms with Crippen LogP contribution >= 0.6 is 0 Å². The Morgan fingerprint density at radius 2 is 1.85 bits per heavy atom. The van der Waals surface area contributed by atoms with E-state index in [-0.39, 0.29) is 11.4 Å². The summed E-state index contributed by atoms with van der Waals surface area (Å²) in [6.07, 6.45) is 3.35. The SMILES string of the molecule is CNc1ccc(S(=O)(=O)NCc2cnccc2C)cc1. The number of rotatable bonds is 5. The average molecular weight is 291 g/mol. The maximum Gasteiger partial charge on any atom is 0.240 e. The van der Waals surface area contributed by atoms with E-state index in [2.05, 4.69) is 15.0 Å². The van der Waals surface area contributed by atoms with Gasteiger partial charge in [-0.2, -0.15) is 0 Å². The lowest BCUT2D eigenvalue weighted by Crippen LogP contribution is -2.23. The van der Waals surface area contributed by atoms with E-state index in [1.807, 2.05) is 13.0 Å². The van der Waals surface area contributed by atoms with Crippen LogP contribution in [-0.4, -0.2) is 20.4 Å². The highest BCUT2D eigenvalue weighted by Gasteiger charge is 2.13. The molecule has 5 nitrogen and oxygen atoms in total. The highest BCUT2D eigenvalue weighted by atomic mass is 32.2. The van der Waals surface area contributed by atoms with Crippen molar-refractivity contribution in [3.63, 3.8) is 0 Å². The fourth-order valence-electron chi connectivity index (χ4n) is 1.74. The normalized spacial score (nSPS) is 11.3. The zero-order valence-corrected chi connectivity index (χ0v) is 12.2. The molecule has 0 atom stereocenters. The van der Waals surface area contributed by atoms with Gasteiger partial charge in [-0.1, -0.05) is 0 Å². The van der Waals surface area contributed by atoms with E-state index < -0.39 is 10.0 Å². The fraction of sp³-hybridized carbons (Fsp3) is 0.214. The minimum atomic E-state index is -3.51. The smallest absolute Gasteiger partial charge is 0.240 e. The van der Waals surface area contributed by atoms with Gasteiger partial charge in [-0.3, -0.25) is 4.98 Å². The molecule has 0 unspecified atom stereocenters. The third-order valence-electron chi connectivity index (χ3n) is 3.05. The van der Waals surface area contributed by atoms with Gasteiger partial charge in [0.15, 0.2) is 0 Å². The van der Waals surface area contributed by atoms with Gasteiger partial charge >= 0.3 is 0 Å². The number of anilines is 1. The highest BCUT2D eigenvalue weighted by molar-refractivity contribution is 7.89. The number of hydrogen-bond donors (Lipinski definition) is 2. The lowest BCUT2D eigenvalue weighted by molar-refractivity contribution is 0.581. The van der Waals surface area contributed by atoms with Crippen LogP contribution in [0.4, 0.5) is 5.69 Å². The van der Waals surface area contributed by atoms with E-state index in [0.29, 0.717) is 0 Å². The molecule has 2 N–H and O–H groups in total. The van der Waals surface area contributed by atoms with Crippen LogP contribution in [0.2, 0.25) is 0 Å². The molecule has 0 aliphatic rings. The van der Waals surface area contributed by atoms with Crippen LogP contribution in [0.25, 0.3) is 0 Å². The van der Waals surface area contributed by atoms with Gasteiger partial charge in [0.25, 0.3) is 0 Å². The lowest BCUT2D eigenvalue weighted by Gasteiger charge is -2.09. The average Bonchev–Trinajstić information content (AvgIpc) is 2.46. The van der Waals surface area contributed by atoms with E-state index in [0.717, 1.165) is 16.8 Å². The largest absolute Gasteiger partial charge is 0.388 e. The summed E-state index contributed by atoms with van der Waals surface area (Å²) in [5.41, 5.74) is 2.74. The van der Waals surface area contributed by atoms with Gasteiger partial charge in [0.05, 0.1) is 4.90 Å². The summed E-state index contributed by atoms with van der Waals surface area (Å²) in [5, 5.41) is 2.95. The van der Waals surface area contributed by atoms with E-state index >= 15 is 0 Å². The molecule has 0 saturated carbocycles. The molecule has 1 aromatic heterocycles. The molecule has 0 spiro atoms. The summed E-state index contributed by atoms with van der Waals surface area (Å²) >= 11 is 0. The number of hydrogen-bond acceptors (Lipinski definition) is 4. The quantitative estimate of drug-likeness (QED) is 0.883. The van der Waals surface area contributed by atoms with Crippen molar-refractivity contribution in [2.45, 2.75) is 18.4 Å². The van der Waals surface area contributed by atoms with Crippen LogP contribution in [0.1, 0.15) is 11.1 Å². The van der Waals surface area contributed by atoms with Gasteiger partial charge in [-0.05, 0) is 48.4 Å². The fourth-order valence-corrected chi connectivity index (χ4v) is 2.75. The number of aromatic nitrogens is 1. The van der Waals surface area contributed by atoms with Crippen LogP contribution < -0.4 is 10.0 Å². The Labute approximate surface area is 119 Å². The number of aryl methyl sites for hydroxylation is 1. The van der Waals surface area contributed by atoms with E-state index in [1.165, 1.54) is 0 Å². The van der Waals surface area contributed by atoms with Crippen molar-refractivity contribution in [1.29, 1.82) is 0 Å². The molecule has 20 heavy (non-hydrogen) atoms. The second-order valence-electron chi connectivity index (χ2n) is 4.40. The molecular formula is C14H17N3O2S. The Hall–Kier alpha value is -1.92. The molecule has 0 aliphatic heterocycles. The van der Waals surface area contributed by atoms with E-state index in [9.17, 15) is 8.42 Å². The first-order valence-electron chi connectivity index (χ1n) is 6.20. The van der Waals surface area contributed by atoms with Gasteiger partial charge in [0, 0.05) is 31.7 Å². The molecule has 0 radical (unpaired) electrons. The number of nitrogens with one attached hydrogen (secondary N) is 2. The molecule has 0 fully saturated rings. The number of sulfonamides is 1. The van der Waals surface area contributed by atoms with Crippen molar-refractivity contribution in [3.05, 3.63) is 53.9 Å². The molecule has 2 rings (SSSR count). The Morgan fingerprint density at radius 3 is 2.45 bits per heavy atom. The summed E-state index contributed by atoms with van der Waals surface area (Å²) in [4.78, 5) is 4.25. The predicted octanol–water partition coefficient (Wildman–Crippen LogP) is 1.91. The third-order valence-corrected chi connectivity index (χ3v) is 4.47. The summed E-state index contributed by atoms with van der Waals surface area (Å²) in [6.45, 7) is 2.16. The molecule has 6 heteroatoms. The summed E-state index contributed by atoms with van der Waals surface area (Å²) in [7, 11) is -1.72. The zero-order chi connectivity index (χ0) is 14.6. The molecule has 0 aliphatic carbocycles. The van der Waals surface area contributed by atoms with Crippen LogP contribution in [0.5, 0.6) is 0 Å². The van der Waals surface area contributed by atoms with Gasteiger partial charge < -0.3 is 5.32 Å². The third kappa shape index (κ3) is 3.34. The van der Waals surface area contributed by atoms with Gasteiger partial charge in [-0.25, -0.2) is 13.1 Å². The molecule has 1 heterocycles. The van der Waals surface area contributed by atoms with Crippen molar-refractivity contribution in [1.82, 2.24) is 9.71 Å². The summed E-state index contributed by atoms with van der Waals surface area (Å²) in [6, 6.07) is 8.45. The first kappa shape index (κ1) is 14.5. The second-order valence-corrected chi connectivity index (χ2v) is 6.17. The topological polar surface area (TPSA) is 71.1 Å². The Kier molecular flexibility index (Phi) is 4.36. The van der Waals surface area contributed by atoms with Crippen molar-refractivity contribution < 1.29 is 8.42 Å². The standard InChI is InChI=1S/C14H17N3O2S/c1-11-7-8-16-9-12(11)10-17-20(18,19)14-5-3-13(15-2)4-6-14/h3-9,15,17H,10H2,1-2H3. The minimum absolute atomic E-state index is 0.232. The van der Waals surface area contributed by atoms with Crippen LogP contribution in [-0.2, 0) is 16.6 Å². The van der Waals surface area contributed by atoms with E-state index in [1.54, 1.807) is 43.7 Å². The maximum atomic E-state index is 12.2. The zero-order valence-electron chi connectivity index (χ0n) is 11.4. The Bertz CT molecular complexity index is 682. The predicted molar refractivity (Wildman–Crippen MR) is 79.0 cm³/mol. The minimum Gasteiger partial charge on any atom is -0.388 e. The highest BCUT2D eigenvalue weighted by Crippen LogP contribution is 2.14. The molecule has 106 valence electrons. The Balaban J connectivity index is 2.13. The number of pyridine rings is 1. The maximum absolute atomic E-state index is 12.2. The van der Waals surface area contributed by atoms with Crippen molar-refractivity contribution in [2.75, 3.05) is 12.4 Å². The van der Waals surface area contributed by atoms with Crippen molar-refractivity contribution >= 4 is 15.7 Å². The first-order chi connectivity index (χ1) is 9.53. The van der Waals surface area contributed by atoms with Gasteiger partial charge in [0.2, 0.25) is 10.0 Å². The van der Waals surface area contributed by atoms with Crippen molar-refractivity contribution in [2.24, 2.45) is 0 Å². The lowest BCUT2D eigenvalue weighted by atomic mass is 10.2. The summed E-state index contributed by atoms with van der Waals surface area (Å²) in [5.74, 6) is 0. The summed E-state index contributed by atoms with van der Waals surface area (Å²) < 4.78 is 26.9. The second kappa shape index (κ2) is 6.02. The monoisotopic (exact) mass is 291 g/mol. The van der Waals surface area contributed by atoms with Gasteiger partial charge in [-0.15, -0.1) is 0 Å². The molecule has 0 bridgehead atoms. The van der Waals surface area contributed by atoms with E-state index in [4.69, 9.17) is 0 Å². The molecular weight excluding hydrogens is 274 g/mol. The number of nitrogens with zero attached hydrogens (tertiary/aromatic N) is 1. The van der Waals surface area contributed by atoms with Gasteiger partial charge in [0.1, 0.15) is 0 Å². The molecule has 2 aromatic rings. The molecule has 0 saturated heterocycles.